The van der Waals surface area contributed by atoms with E-state index in [1.807, 2.05) is 0 Å². The van der Waals surface area contributed by atoms with Crippen LogP contribution < -0.4 is 0 Å². The number of ether oxygens (including phenoxy) is 4. The monoisotopic (exact) mass is 340 g/mol. The van der Waals surface area contributed by atoms with Gasteiger partial charge in [-0.1, -0.05) is 0 Å². The molecule has 4 bridgehead atoms. The van der Waals surface area contributed by atoms with Gasteiger partial charge in [-0.05, 0) is 0 Å². The van der Waals surface area contributed by atoms with Gasteiger partial charge in [0.15, 0.2) is 0 Å². The van der Waals surface area contributed by atoms with Crippen LogP contribution in [0.5, 0.6) is 0 Å². The molecule has 22 heavy (non-hydrogen) atoms. The molecule has 0 spiro atoms. The van der Waals surface area contributed by atoms with Gasteiger partial charge in [-0.25, -0.2) is 0 Å². The Bertz CT molecular complexity index is 444. The molecule has 6 nitrogen and oxygen atoms in total. The zero-order valence-electron chi connectivity index (χ0n) is 10.7. The van der Waals surface area contributed by atoms with Crippen LogP contribution in [0.15, 0.2) is 0 Å². The van der Waals surface area contributed by atoms with Crippen molar-refractivity contribution in [3.63, 3.8) is 0 Å². The standard InChI is InChI=1S/C10H10F6O6/c1-19-2-3-7(17,9(11,12)13)5-8(18,10(14,15)16)4(2)21-6(20-3)22-5/h2-6,17-18H,1H3/t2?,3-,4+,5?,6?,7-,8?/m1/s1. The third-order valence-corrected chi connectivity index (χ3v) is 4.21. The van der Waals surface area contributed by atoms with Gasteiger partial charge in [-0.15, -0.1) is 0 Å². The summed E-state index contributed by atoms with van der Waals surface area (Å²) in [6, 6.07) is 0. The Balaban J connectivity index is 2.20. The second-order valence-electron chi connectivity index (χ2n) is 5.26. The summed E-state index contributed by atoms with van der Waals surface area (Å²) in [7, 11) is 0.814. The highest BCUT2D eigenvalue weighted by Crippen LogP contribution is 2.59. The maximum atomic E-state index is 13.2. The largest absolute Gasteiger partial charge is 0.422 e. The van der Waals surface area contributed by atoms with E-state index in [0.29, 0.717) is 0 Å². The maximum absolute atomic E-state index is 13.2. The number of methoxy groups -OCH3 is 1. The molecule has 1 saturated carbocycles. The zero-order valence-corrected chi connectivity index (χ0v) is 10.7. The molecule has 2 N–H and O–H groups in total. The first-order valence-corrected chi connectivity index (χ1v) is 5.96. The summed E-state index contributed by atoms with van der Waals surface area (Å²) in [6.07, 6.45) is -20.7. The van der Waals surface area contributed by atoms with Crippen LogP contribution in [0.2, 0.25) is 0 Å². The van der Waals surface area contributed by atoms with E-state index in [2.05, 4.69) is 18.9 Å². The fourth-order valence-corrected chi connectivity index (χ4v) is 3.18. The van der Waals surface area contributed by atoms with E-state index in [-0.39, 0.29) is 0 Å². The topological polar surface area (TPSA) is 77.4 Å². The average molecular weight is 340 g/mol. The van der Waals surface area contributed by atoms with E-state index >= 15 is 0 Å². The molecule has 128 valence electrons. The van der Waals surface area contributed by atoms with E-state index < -0.39 is 54.4 Å². The summed E-state index contributed by atoms with van der Waals surface area (Å²) in [5.74, 6) is 0. The summed E-state index contributed by atoms with van der Waals surface area (Å²) < 4.78 is 97.7. The van der Waals surface area contributed by atoms with Gasteiger partial charge in [0, 0.05) is 7.11 Å². The predicted octanol–water partition coefficient (Wildman–Crippen LogP) is 0.0682. The van der Waals surface area contributed by atoms with E-state index in [9.17, 15) is 36.6 Å². The number of rotatable bonds is 1. The first-order valence-electron chi connectivity index (χ1n) is 5.96. The molecule has 4 fully saturated rings. The van der Waals surface area contributed by atoms with Crippen LogP contribution in [-0.2, 0) is 18.9 Å². The minimum atomic E-state index is -5.58. The van der Waals surface area contributed by atoms with E-state index in [1.165, 1.54) is 0 Å². The molecule has 0 aromatic carbocycles. The molecular formula is C10H10F6O6. The van der Waals surface area contributed by atoms with E-state index in [4.69, 9.17) is 0 Å². The van der Waals surface area contributed by atoms with Gasteiger partial charge in [0.2, 0.25) is 11.2 Å². The molecule has 4 rings (SSSR count). The van der Waals surface area contributed by atoms with Crippen LogP contribution in [0, 0.1) is 0 Å². The highest BCUT2D eigenvalue weighted by molar-refractivity contribution is 5.24. The van der Waals surface area contributed by atoms with Crippen LogP contribution in [0.4, 0.5) is 26.3 Å². The Hall–Kier alpha value is -0.660. The number of hydrogen-bond acceptors (Lipinski definition) is 6. The lowest BCUT2D eigenvalue weighted by molar-refractivity contribution is -0.560. The van der Waals surface area contributed by atoms with Crippen molar-refractivity contribution in [2.45, 2.75) is 54.4 Å². The van der Waals surface area contributed by atoms with E-state index in [1.54, 1.807) is 0 Å². The Morgan fingerprint density at radius 2 is 1.27 bits per heavy atom. The average Bonchev–Trinajstić information content (AvgIpc) is 2.37. The van der Waals surface area contributed by atoms with Crippen molar-refractivity contribution in [1.29, 1.82) is 0 Å². The molecule has 4 aliphatic rings. The fourth-order valence-electron chi connectivity index (χ4n) is 3.18. The molecule has 3 heterocycles. The predicted molar refractivity (Wildman–Crippen MR) is 51.2 cm³/mol. The van der Waals surface area contributed by atoms with Crippen molar-refractivity contribution < 1.29 is 55.5 Å². The Labute approximate surface area is 118 Å². The Kier molecular flexibility index (Phi) is 3.13. The lowest BCUT2D eigenvalue weighted by atomic mass is 9.65. The molecule has 0 aromatic rings. The number of alkyl halides is 6. The van der Waals surface area contributed by atoms with Crippen LogP contribution in [0.25, 0.3) is 0 Å². The number of halogens is 6. The van der Waals surface area contributed by atoms with Crippen molar-refractivity contribution in [3.8, 4) is 0 Å². The summed E-state index contributed by atoms with van der Waals surface area (Å²) in [4.78, 5) is 0. The smallest absolute Gasteiger partial charge is 0.376 e. The molecule has 0 radical (unpaired) electrons. The van der Waals surface area contributed by atoms with Gasteiger partial charge in [-0.2, -0.15) is 26.3 Å². The van der Waals surface area contributed by atoms with Gasteiger partial charge in [0.1, 0.15) is 24.4 Å². The van der Waals surface area contributed by atoms with Crippen molar-refractivity contribution in [2.75, 3.05) is 7.11 Å². The Morgan fingerprint density at radius 3 is 1.59 bits per heavy atom. The minimum Gasteiger partial charge on any atom is -0.376 e. The molecule has 4 unspecified atom stereocenters. The van der Waals surface area contributed by atoms with Gasteiger partial charge in [0.25, 0.3) is 6.48 Å². The Morgan fingerprint density at radius 1 is 0.864 bits per heavy atom. The lowest BCUT2D eigenvalue weighted by Crippen LogP contribution is -2.90. The summed E-state index contributed by atoms with van der Waals surface area (Å²) >= 11 is 0. The molecular weight excluding hydrogens is 330 g/mol. The quantitative estimate of drug-likeness (QED) is 0.658. The van der Waals surface area contributed by atoms with Gasteiger partial charge in [0.05, 0.1) is 0 Å². The van der Waals surface area contributed by atoms with Crippen molar-refractivity contribution >= 4 is 0 Å². The minimum absolute atomic E-state index is 0.814. The SMILES string of the molecule is COC1[C@H]2OC3OC(C(O)(C(F)(F)F)[C@H]1O3)[C@@]2(O)C(F)(F)F. The first-order chi connectivity index (χ1) is 9.89. The third-order valence-electron chi connectivity index (χ3n) is 4.21. The van der Waals surface area contributed by atoms with Crippen LogP contribution in [0.3, 0.4) is 0 Å². The van der Waals surface area contributed by atoms with Crippen molar-refractivity contribution in [3.05, 3.63) is 0 Å². The summed E-state index contributed by atoms with van der Waals surface area (Å²) in [6.45, 7) is -1.86. The lowest BCUT2D eigenvalue weighted by Gasteiger charge is -2.64. The van der Waals surface area contributed by atoms with Crippen molar-refractivity contribution in [2.24, 2.45) is 0 Å². The highest BCUT2D eigenvalue weighted by Gasteiger charge is 2.86. The maximum Gasteiger partial charge on any atom is 0.422 e. The first kappa shape index (κ1) is 16.2. The molecule has 12 heteroatoms. The van der Waals surface area contributed by atoms with Gasteiger partial charge >= 0.3 is 12.4 Å². The van der Waals surface area contributed by atoms with Crippen molar-refractivity contribution in [1.82, 2.24) is 0 Å². The van der Waals surface area contributed by atoms with Crippen LogP contribution in [0.1, 0.15) is 0 Å². The second-order valence-corrected chi connectivity index (χ2v) is 5.26. The summed E-state index contributed by atoms with van der Waals surface area (Å²) in [5.41, 5.74) is -8.23. The summed E-state index contributed by atoms with van der Waals surface area (Å²) in [5, 5.41) is 19.9. The molecule has 1 aliphatic carbocycles. The number of hydrogen-bond donors (Lipinski definition) is 2. The fraction of sp³-hybridized carbons (Fsp3) is 1.00. The van der Waals surface area contributed by atoms with Crippen LogP contribution in [-0.4, -0.2) is 71.8 Å². The normalized spacial score (nSPS) is 51.4. The number of aliphatic hydroxyl groups is 2. The highest BCUT2D eigenvalue weighted by atomic mass is 19.4. The van der Waals surface area contributed by atoms with E-state index in [0.717, 1.165) is 7.11 Å². The second kappa shape index (κ2) is 4.24. The molecule has 3 saturated heterocycles. The third kappa shape index (κ3) is 1.62. The molecule has 3 aliphatic heterocycles. The zero-order chi connectivity index (χ0) is 16.7. The van der Waals surface area contributed by atoms with Crippen LogP contribution >= 0.6 is 0 Å². The molecule has 0 aromatic heterocycles. The molecule has 7 atom stereocenters. The molecule has 0 amide bonds. The van der Waals surface area contributed by atoms with Gasteiger partial charge in [-0.3, -0.25) is 0 Å². The van der Waals surface area contributed by atoms with Gasteiger partial charge < -0.3 is 29.2 Å².